The summed E-state index contributed by atoms with van der Waals surface area (Å²) in [5.74, 6) is 0.353. The van der Waals surface area contributed by atoms with Crippen LogP contribution in [0.15, 0.2) is 96.3 Å². The molecule has 7 nitrogen and oxygen atoms in total. The molecule has 0 aliphatic rings. The van der Waals surface area contributed by atoms with Crippen LogP contribution in [-0.2, 0) is 12.8 Å². The molecule has 228 valence electrons. The topological polar surface area (TPSA) is 78.0 Å². The molecule has 0 aliphatic heterocycles. The number of aryl methyl sites for hydroxylation is 2. The molecular weight excluding hydrogens is 555 g/mol. The summed E-state index contributed by atoms with van der Waals surface area (Å²) in [5, 5.41) is 8.49. The standard InChI is InChI=1S/C33H38F3N5O2/c1-6-7-31(38-24(3)9-11-25-10-8-23(2)26(22-25)20-21-37-4)41(5)29-16-12-27(13-17-29)39-32(42)40-28-14-18-30(19-15-28)43-33(34,35)36/h6-8,10,12-19,22,37H,1,9,11,20-21H2,2-5H3,(H2,39,40,42)/b31-7+,38-24?. The third-order valence-electron chi connectivity index (χ3n) is 6.61. The quantitative estimate of drug-likeness (QED) is 0.139. The Kier molecular flexibility index (Phi) is 11.9. The molecule has 43 heavy (non-hydrogen) atoms. The summed E-state index contributed by atoms with van der Waals surface area (Å²) in [5.41, 5.74) is 6.64. The number of likely N-dealkylation sites (N-methyl/N-ethyl adjacent to an activating group) is 1. The number of aliphatic imine (C=N–C) groups is 1. The number of allylic oxidation sites excluding steroid dienone is 2. The molecule has 2 amide bonds. The predicted octanol–water partition coefficient (Wildman–Crippen LogP) is 7.86. The lowest BCUT2D eigenvalue weighted by molar-refractivity contribution is -0.274. The minimum Gasteiger partial charge on any atom is -0.406 e. The smallest absolute Gasteiger partial charge is 0.406 e. The second-order valence-electron chi connectivity index (χ2n) is 9.98. The maximum atomic E-state index is 12.4. The van der Waals surface area contributed by atoms with E-state index in [1.54, 1.807) is 18.2 Å². The SMILES string of the molecule is C=C/C=C(\N=C(C)CCc1ccc(C)c(CCNC)c1)N(C)c1ccc(NC(=O)Nc2ccc(OC(F)(F)F)cc2)cc1. The molecule has 0 heterocycles. The number of nitrogens with one attached hydrogen (secondary N) is 3. The van der Waals surface area contributed by atoms with Gasteiger partial charge in [-0.15, -0.1) is 13.2 Å². The number of amides is 2. The van der Waals surface area contributed by atoms with Gasteiger partial charge in [0.05, 0.1) is 0 Å². The maximum absolute atomic E-state index is 12.4. The molecule has 0 unspecified atom stereocenters. The van der Waals surface area contributed by atoms with Crippen molar-refractivity contribution in [2.45, 2.75) is 39.5 Å². The van der Waals surface area contributed by atoms with E-state index in [1.807, 2.05) is 44.1 Å². The van der Waals surface area contributed by atoms with Gasteiger partial charge in [-0.2, -0.15) is 0 Å². The van der Waals surface area contributed by atoms with Crippen LogP contribution in [0.4, 0.5) is 35.0 Å². The first-order chi connectivity index (χ1) is 20.5. The zero-order chi connectivity index (χ0) is 31.4. The zero-order valence-electron chi connectivity index (χ0n) is 24.9. The summed E-state index contributed by atoms with van der Waals surface area (Å²) in [6.07, 6.45) is 1.46. The van der Waals surface area contributed by atoms with Gasteiger partial charge < -0.3 is 25.6 Å². The molecule has 3 aromatic carbocycles. The highest BCUT2D eigenvalue weighted by molar-refractivity contribution is 5.99. The summed E-state index contributed by atoms with van der Waals surface area (Å²) in [6.45, 7) is 8.94. The Morgan fingerprint density at radius 3 is 2.21 bits per heavy atom. The van der Waals surface area contributed by atoms with Crippen LogP contribution in [0, 0.1) is 6.92 Å². The van der Waals surface area contributed by atoms with Crippen molar-refractivity contribution in [3.63, 3.8) is 0 Å². The molecular formula is C33H38F3N5O2. The molecule has 0 bridgehead atoms. The lowest BCUT2D eigenvalue weighted by Crippen LogP contribution is -2.20. The number of alkyl halides is 3. The molecule has 10 heteroatoms. The molecule has 3 rings (SSSR count). The first-order valence-electron chi connectivity index (χ1n) is 13.8. The number of hydrogen-bond donors (Lipinski definition) is 3. The van der Waals surface area contributed by atoms with E-state index in [1.165, 1.54) is 28.8 Å². The van der Waals surface area contributed by atoms with Gasteiger partial charge in [-0.3, -0.25) is 0 Å². The Hall–Kier alpha value is -4.57. The Bertz CT molecular complexity index is 1430. The lowest BCUT2D eigenvalue weighted by atomic mass is 9.99. The second kappa shape index (κ2) is 15.6. The molecule has 3 N–H and O–H groups in total. The van der Waals surface area contributed by atoms with Crippen LogP contribution in [0.2, 0.25) is 0 Å². The zero-order valence-corrected chi connectivity index (χ0v) is 24.9. The lowest BCUT2D eigenvalue weighted by Gasteiger charge is -2.21. The minimum absolute atomic E-state index is 0.312. The highest BCUT2D eigenvalue weighted by atomic mass is 19.4. The van der Waals surface area contributed by atoms with Crippen LogP contribution in [0.1, 0.15) is 30.0 Å². The molecule has 0 aliphatic carbocycles. The Morgan fingerprint density at radius 1 is 1.00 bits per heavy atom. The summed E-state index contributed by atoms with van der Waals surface area (Å²) in [6, 6.07) is 18.2. The van der Waals surface area contributed by atoms with Crippen LogP contribution in [0.25, 0.3) is 0 Å². The van der Waals surface area contributed by atoms with Gasteiger partial charge >= 0.3 is 12.4 Å². The van der Waals surface area contributed by atoms with E-state index >= 15 is 0 Å². The van der Waals surface area contributed by atoms with Crippen molar-refractivity contribution in [2.24, 2.45) is 4.99 Å². The minimum atomic E-state index is -4.78. The van der Waals surface area contributed by atoms with Crippen LogP contribution >= 0.6 is 0 Å². The van der Waals surface area contributed by atoms with Crippen molar-refractivity contribution < 1.29 is 22.7 Å². The normalized spacial score (nSPS) is 12.1. The monoisotopic (exact) mass is 593 g/mol. The number of carbonyl (C=O) groups is 1. The largest absolute Gasteiger partial charge is 0.573 e. The van der Waals surface area contributed by atoms with Crippen molar-refractivity contribution in [3.05, 3.63) is 108 Å². The van der Waals surface area contributed by atoms with E-state index in [2.05, 4.69) is 52.4 Å². The summed E-state index contributed by atoms with van der Waals surface area (Å²) in [4.78, 5) is 19.2. The summed E-state index contributed by atoms with van der Waals surface area (Å²) < 4.78 is 40.8. The first kappa shape index (κ1) is 32.9. The highest BCUT2D eigenvalue weighted by Crippen LogP contribution is 2.25. The van der Waals surface area contributed by atoms with Gasteiger partial charge in [0.15, 0.2) is 0 Å². The van der Waals surface area contributed by atoms with Gasteiger partial charge in [0, 0.05) is 29.8 Å². The van der Waals surface area contributed by atoms with Gasteiger partial charge in [-0.1, -0.05) is 30.9 Å². The van der Waals surface area contributed by atoms with Crippen LogP contribution in [-0.4, -0.2) is 38.7 Å². The number of carbonyl (C=O) groups excluding carboxylic acids is 1. The average molecular weight is 594 g/mol. The molecule has 0 spiro atoms. The number of benzene rings is 3. The van der Waals surface area contributed by atoms with Gasteiger partial charge in [0.1, 0.15) is 11.6 Å². The van der Waals surface area contributed by atoms with Crippen molar-refractivity contribution >= 4 is 28.8 Å². The fourth-order valence-electron chi connectivity index (χ4n) is 4.25. The van der Waals surface area contributed by atoms with E-state index in [4.69, 9.17) is 4.99 Å². The Morgan fingerprint density at radius 2 is 1.63 bits per heavy atom. The van der Waals surface area contributed by atoms with Crippen LogP contribution in [0.3, 0.4) is 0 Å². The van der Waals surface area contributed by atoms with E-state index in [0.29, 0.717) is 11.4 Å². The number of hydrogen-bond acceptors (Lipinski definition) is 5. The number of anilines is 3. The second-order valence-corrected chi connectivity index (χ2v) is 9.98. The fraction of sp³-hybridized carbons (Fsp3) is 0.273. The van der Waals surface area contributed by atoms with Crippen LogP contribution in [0.5, 0.6) is 5.75 Å². The average Bonchev–Trinajstić information content (AvgIpc) is 2.96. The first-order valence-corrected chi connectivity index (χ1v) is 13.8. The van der Waals surface area contributed by atoms with Crippen molar-refractivity contribution in [3.8, 4) is 5.75 Å². The third kappa shape index (κ3) is 11.0. The number of halogens is 3. The van der Waals surface area contributed by atoms with E-state index in [9.17, 15) is 18.0 Å². The number of urea groups is 1. The highest BCUT2D eigenvalue weighted by Gasteiger charge is 2.31. The fourth-order valence-corrected chi connectivity index (χ4v) is 4.25. The maximum Gasteiger partial charge on any atom is 0.573 e. The van der Waals surface area contributed by atoms with Crippen molar-refractivity contribution in [1.82, 2.24) is 5.32 Å². The van der Waals surface area contributed by atoms with E-state index < -0.39 is 12.4 Å². The third-order valence-corrected chi connectivity index (χ3v) is 6.61. The number of nitrogens with zero attached hydrogens (tertiary/aromatic N) is 2. The van der Waals surface area contributed by atoms with Crippen molar-refractivity contribution in [1.29, 1.82) is 0 Å². The van der Waals surface area contributed by atoms with E-state index in [0.717, 1.165) is 55.2 Å². The Balaban J connectivity index is 1.59. The van der Waals surface area contributed by atoms with Gasteiger partial charge in [0.2, 0.25) is 0 Å². The summed E-state index contributed by atoms with van der Waals surface area (Å²) in [7, 11) is 3.87. The Labute approximate surface area is 251 Å². The molecule has 0 radical (unpaired) electrons. The molecule has 3 aromatic rings. The van der Waals surface area contributed by atoms with Crippen LogP contribution < -0.4 is 25.6 Å². The molecule has 0 saturated carbocycles. The van der Waals surface area contributed by atoms with Gasteiger partial charge in [0.25, 0.3) is 0 Å². The summed E-state index contributed by atoms with van der Waals surface area (Å²) >= 11 is 0. The van der Waals surface area contributed by atoms with E-state index in [-0.39, 0.29) is 5.75 Å². The molecule has 0 fully saturated rings. The number of ether oxygens (including phenoxy) is 1. The van der Waals surface area contributed by atoms with Gasteiger partial charge in [-0.05, 0) is 118 Å². The molecule has 0 aromatic heterocycles. The number of rotatable bonds is 13. The molecule has 0 saturated heterocycles. The predicted molar refractivity (Wildman–Crippen MR) is 169 cm³/mol. The van der Waals surface area contributed by atoms with Gasteiger partial charge in [-0.25, -0.2) is 9.79 Å². The van der Waals surface area contributed by atoms with Crippen molar-refractivity contribution in [2.75, 3.05) is 36.2 Å². The molecule has 0 atom stereocenters.